The van der Waals surface area contributed by atoms with E-state index < -0.39 is 4.92 Å². The van der Waals surface area contributed by atoms with Crippen molar-refractivity contribution < 1.29 is 9.72 Å². The van der Waals surface area contributed by atoms with Gasteiger partial charge in [-0.1, -0.05) is 29.8 Å². The molecular formula is C21H19ClN4O3. The summed E-state index contributed by atoms with van der Waals surface area (Å²) in [4.78, 5) is 22.3. The van der Waals surface area contributed by atoms with Crippen LogP contribution in [0.1, 0.15) is 22.5 Å². The van der Waals surface area contributed by atoms with E-state index in [-0.39, 0.29) is 18.0 Å². The predicted molar refractivity (Wildman–Crippen MR) is 113 cm³/mol. The van der Waals surface area contributed by atoms with E-state index in [1.165, 1.54) is 12.1 Å². The topological polar surface area (TPSA) is 89.5 Å². The molecule has 148 valence electrons. The second-order valence-corrected chi connectivity index (χ2v) is 6.97. The molecular weight excluding hydrogens is 392 g/mol. The Morgan fingerprint density at radius 3 is 2.59 bits per heavy atom. The second-order valence-electron chi connectivity index (χ2n) is 6.54. The largest absolute Gasteiger partial charge is 0.318 e. The van der Waals surface area contributed by atoms with E-state index in [0.717, 1.165) is 22.6 Å². The number of hydrazone groups is 1. The molecule has 1 N–H and O–H groups in total. The van der Waals surface area contributed by atoms with Gasteiger partial charge >= 0.3 is 0 Å². The molecule has 1 heterocycles. The number of carbonyl (C=O) groups excluding carboxylic acids is 1. The fourth-order valence-corrected chi connectivity index (χ4v) is 3.25. The molecule has 0 spiro atoms. The number of aryl methyl sites for hydroxylation is 1. The molecule has 0 fully saturated rings. The highest BCUT2D eigenvalue weighted by atomic mass is 35.5. The molecule has 3 rings (SSSR count). The number of nitrogens with one attached hydrogen (secondary N) is 1. The molecule has 0 saturated heterocycles. The van der Waals surface area contributed by atoms with Gasteiger partial charge in [0.05, 0.1) is 17.6 Å². The van der Waals surface area contributed by atoms with Gasteiger partial charge < -0.3 is 4.57 Å². The fourth-order valence-electron chi connectivity index (χ4n) is 3.07. The first-order valence-electron chi connectivity index (χ1n) is 8.85. The highest BCUT2D eigenvalue weighted by Gasteiger charge is 2.10. The lowest BCUT2D eigenvalue weighted by molar-refractivity contribution is -0.384. The minimum absolute atomic E-state index is 0.0118. The van der Waals surface area contributed by atoms with E-state index in [0.29, 0.717) is 10.6 Å². The van der Waals surface area contributed by atoms with E-state index in [2.05, 4.69) is 15.1 Å². The lowest BCUT2D eigenvalue weighted by Crippen LogP contribution is -2.19. The van der Waals surface area contributed by atoms with Crippen molar-refractivity contribution in [3.63, 3.8) is 0 Å². The first-order chi connectivity index (χ1) is 13.8. The van der Waals surface area contributed by atoms with E-state index >= 15 is 0 Å². The van der Waals surface area contributed by atoms with Gasteiger partial charge in [-0.2, -0.15) is 5.10 Å². The third-order valence-corrected chi connectivity index (χ3v) is 4.68. The van der Waals surface area contributed by atoms with E-state index in [1.54, 1.807) is 18.3 Å². The molecule has 0 aliphatic heterocycles. The fraction of sp³-hybridized carbons (Fsp3) is 0.143. The Hall–Kier alpha value is -3.45. The summed E-state index contributed by atoms with van der Waals surface area (Å²) in [5.74, 6) is -0.307. The van der Waals surface area contributed by atoms with Gasteiger partial charge in [-0.15, -0.1) is 0 Å². The number of nitro benzene ring substituents is 1. The first kappa shape index (κ1) is 20.3. The van der Waals surface area contributed by atoms with Crippen molar-refractivity contribution in [2.24, 2.45) is 5.10 Å². The Morgan fingerprint density at radius 1 is 1.21 bits per heavy atom. The van der Waals surface area contributed by atoms with Crippen molar-refractivity contribution in [1.29, 1.82) is 0 Å². The maximum atomic E-state index is 12.1. The van der Waals surface area contributed by atoms with Gasteiger partial charge in [0.1, 0.15) is 0 Å². The molecule has 3 aromatic rings. The van der Waals surface area contributed by atoms with Crippen molar-refractivity contribution in [3.8, 4) is 5.69 Å². The smallest absolute Gasteiger partial charge is 0.269 e. The third-order valence-electron chi connectivity index (χ3n) is 4.44. The van der Waals surface area contributed by atoms with E-state index in [9.17, 15) is 14.9 Å². The number of nitrogens with zero attached hydrogens (tertiary/aromatic N) is 3. The van der Waals surface area contributed by atoms with Crippen LogP contribution >= 0.6 is 11.6 Å². The van der Waals surface area contributed by atoms with Crippen LogP contribution in [0.25, 0.3) is 5.69 Å². The Labute approximate surface area is 172 Å². The van der Waals surface area contributed by atoms with Gasteiger partial charge in [-0.3, -0.25) is 14.9 Å². The number of carbonyl (C=O) groups is 1. The van der Waals surface area contributed by atoms with Crippen molar-refractivity contribution >= 4 is 29.4 Å². The molecule has 1 aromatic heterocycles. The van der Waals surface area contributed by atoms with Gasteiger partial charge in [0.25, 0.3) is 5.69 Å². The van der Waals surface area contributed by atoms with Gasteiger partial charge in [0.15, 0.2) is 0 Å². The molecule has 0 radical (unpaired) electrons. The van der Waals surface area contributed by atoms with Crippen LogP contribution in [0, 0.1) is 24.0 Å². The summed E-state index contributed by atoms with van der Waals surface area (Å²) >= 11 is 6.09. The van der Waals surface area contributed by atoms with E-state index in [1.807, 2.05) is 44.2 Å². The number of rotatable bonds is 6. The van der Waals surface area contributed by atoms with Crippen LogP contribution in [0.15, 0.2) is 59.7 Å². The van der Waals surface area contributed by atoms with Crippen LogP contribution in [0.5, 0.6) is 0 Å². The Morgan fingerprint density at radius 2 is 1.93 bits per heavy atom. The van der Waals surface area contributed by atoms with Crippen LogP contribution in [-0.2, 0) is 11.2 Å². The molecule has 0 aliphatic carbocycles. The number of amides is 1. The molecule has 1 amide bonds. The molecule has 7 nitrogen and oxygen atoms in total. The van der Waals surface area contributed by atoms with Gasteiger partial charge in [0, 0.05) is 39.8 Å². The SMILES string of the molecule is Cc1cc(/C=N\NC(=O)Cc2ccc([N+](=O)[O-])cc2)c(C)n1-c1cccc(Cl)c1. The minimum Gasteiger partial charge on any atom is -0.318 e. The molecule has 8 heteroatoms. The number of hydrogen-bond donors (Lipinski definition) is 1. The zero-order valence-corrected chi connectivity index (χ0v) is 16.7. The minimum atomic E-state index is -0.478. The lowest BCUT2D eigenvalue weighted by atomic mass is 10.1. The Bertz CT molecular complexity index is 1090. The van der Waals surface area contributed by atoms with Crippen LogP contribution < -0.4 is 5.43 Å². The third kappa shape index (κ3) is 4.89. The van der Waals surface area contributed by atoms with E-state index in [4.69, 9.17) is 11.6 Å². The molecule has 29 heavy (non-hydrogen) atoms. The maximum absolute atomic E-state index is 12.1. The van der Waals surface area contributed by atoms with Crippen molar-refractivity contribution in [2.45, 2.75) is 20.3 Å². The normalized spacial score (nSPS) is 11.0. The molecule has 0 atom stereocenters. The Kier molecular flexibility index (Phi) is 6.09. The number of benzene rings is 2. The zero-order chi connectivity index (χ0) is 21.0. The monoisotopic (exact) mass is 410 g/mol. The second kappa shape index (κ2) is 8.70. The molecule has 0 aliphatic rings. The van der Waals surface area contributed by atoms with Gasteiger partial charge in [0.2, 0.25) is 5.91 Å². The van der Waals surface area contributed by atoms with Crippen molar-refractivity contribution in [2.75, 3.05) is 0 Å². The quantitative estimate of drug-likeness (QED) is 0.372. The van der Waals surface area contributed by atoms with Gasteiger partial charge in [-0.05, 0) is 43.7 Å². The van der Waals surface area contributed by atoms with Gasteiger partial charge in [-0.25, -0.2) is 5.43 Å². The molecule has 0 unspecified atom stereocenters. The standard InChI is InChI=1S/C21H19ClN4O3/c1-14-10-17(15(2)25(14)20-5-3-4-18(22)12-20)13-23-24-21(27)11-16-6-8-19(9-7-16)26(28)29/h3-10,12-13H,11H2,1-2H3,(H,24,27)/b23-13-. The lowest BCUT2D eigenvalue weighted by Gasteiger charge is -2.09. The summed E-state index contributed by atoms with van der Waals surface area (Å²) in [6, 6.07) is 15.4. The summed E-state index contributed by atoms with van der Waals surface area (Å²) in [5.41, 5.74) is 6.96. The number of non-ortho nitro benzene ring substituents is 1. The predicted octanol–water partition coefficient (Wildman–Crippen LogP) is 4.35. The van der Waals surface area contributed by atoms with Crippen molar-refractivity contribution in [3.05, 3.63) is 92.2 Å². The maximum Gasteiger partial charge on any atom is 0.269 e. The van der Waals surface area contributed by atoms with Crippen molar-refractivity contribution in [1.82, 2.24) is 9.99 Å². The number of aromatic nitrogens is 1. The highest BCUT2D eigenvalue weighted by Crippen LogP contribution is 2.22. The molecule has 0 saturated carbocycles. The Balaban J connectivity index is 1.66. The summed E-state index contributed by atoms with van der Waals surface area (Å²) in [5, 5.41) is 15.4. The molecule has 0 bridgehead atoms. The average Bonchev–Trinajstić information content (AvgIpc) is 2.95. The number of nitro groups is 1. The summed E-state index contributed by atoms with van der Waals surface area (Å²) in [7, 11) is 0. The van der Waals surface area contributed by atoms with Crippen LogP contribution in [0.2, 0.25) is 5.02 Å². The van der Waals surface area contributed by atoms with Crippen LogP contribution in [0.4, 0.5) is 5.69 Å². The summed E-state index contributed by atoms with van der Waals surface area (Å²) in [6.07, 6.45) is 1.67. The zero-order valence-electron chi connectivity index (χ0n) is 15.9. The highest BCUT2D eigenvalue weighted by molar-refractivity contribution is 6.30. The summed E-state index contributed by atoms with van der Waals surface area (Å²) in [6.45, 7) is 3.95. The average molecular weight is 411 g/mol. The summed E-state index contributed by atoms with van der Waals surface area (Å²) < 4.78 is 2.06. The van der Waals surface area contributed by atoms with Crippen LogP contribution in [0.3, 0.4) is 0 Å². The number of hydrogen-bond acceptors (Lipinski definition) is 4. The number of halogens is 1. The van der Waals surface area contributed by atoms with Crippen LogP contribution in [-0.4, -0.2) is 21.6 Å². The molecule has 2 aromatic carbocycles. The first-order valence-corrected chi connectivity index (χ1v) is 9.23.